The molecule has 1 saturated heterocycles. The first kappa shape index (κ1) is 8.54. The van der Waals surface area contributed by atoms with Crippen LogP contribution in [-0.2, 0) is 4.74 Å². The monoisotopic (exact) mass is 206 g/mol. The van der Waals surface area contributed by atoms with E-state index in [1.54, 1.807) is 0 Å². The molecule has 10 heavy (non-hydrogen) atoms. The predicted octanol–water partition coefficient (Wildman–Crippen LogP) is 2.73. The minimum absolute atomic E-state index is 0.126. The molecule has 0 radical (unpaired) electrons. The molecule has 0 aromatic heterocycles. The van der Waals surface area contributed by atoms with Crippen LogP contribution in [0.4, 0.5) is 0 Å². The van der Waals surface area contributed by atoms with Crippen molar-refractivity contribution in [3.8, 4) is 0 Å². The number of ether oxygens (including phenoxy) is 1. The van der Waals surface area contributed by atoms with Crippen molar-refractivity contribution in [1.29, 1.82) is 0 Å². The molecule has 1 heterocycles. The van der Waals surface area contributed by atoms with E-state index in [2.05, 4.69) is 29.8 Å². The van der Waals surface area contributed by atoms with E-state index in [9.17, 15) is 0 Å². The highest BCUT2D eigenvalue weighted by Crippen LogP contribution is 2.32. The third-order valence-electron chi connectivity index (χ3n) is 2.18. The molecule has 1 aliphatic rings. The lowest BCUT2D eigenvalue weighted by Crippen LogP contribution is -2.26. The van der Waals surface area contributed by atoms with Crippen LogP contribution in [-0.4, -0.2) is 17.0 Å². The summed E-state index contributed by atoms with van der Waals surface area (Å²) in [6.45, 7) is 4.36. The minimum Gasteiger partial charge on any atom is -0.371 e. The van der Waals surface area contributed by atoms with Crippen molar-refractivity contribution in [2.24, 2.45) is 0 Å². The van der Waals surface area contributed by atoms with Gasteiger partial charge in [0, 0.05) is 5.33 Å². The fourth-order valence-electron chi connectivity index (χ4n) is 1.37. The van der Waals surface area contributed by atoms with Crippen LogP contribution in [0, 0.1) is 0 Å². The third kappa shape index (κ3) is 1.73. The van der Waals surface area contributed by atoms with E-state index in [1.165, 1.54) is 12.8 Å². The second-order valence-electron chi connectivity index (χ2n) is 3.27. The van der Waals surface area contributed by atoms with Gasteiger partial charge < -0.3 is 4.74 Å². The maximum absolute atomic E-state index is 5.80. The average Bonchev–Trinajstić information content (AvgIpc) is 2.33. The molecule has 2 heteroatoms. The maximum atomic E-state index is 5.80. The Hall–Kier alpha value is 0.440. The molecule has 0 spiro atoms. The number of rotatable bonds is 2. The fourth-order valence-corrected chi connectivity index (χ4v) is 1.78. The van der Waals surface area contributed by atoms with Gasteiger partial charge in [0.2, 0.25) is 0 Å². The average molecular weight is 207 g/mol. The van der Waals surface area contributed by atoms with E-state index in [4.69, 9.17) is 4.74 Å². The topological polar surface area (TPSA) is 9.23 Å². The summed E-state index contributed by atoms with van der Waals surface area (Å²) in [5.74, 6) is 0. The maximum Gasteiger partial charge on any atom is 0.0755 e. The van der Waals surface area contributed by atoms with E-state index < -0.39 is 0 Å². The quantitative estimate of drug-likeness (QED) is 0.632. The van der Waals surface area contributed by atoms with Gasteiger partial charge in [0.05, 0.1) is 11.7 Å². The van der Waals surface area contributed by atoms with Crippen LogP contribution in [0.5, 0.6) is 0 Å². The first-order valence-electron chi connectivity index (χ1n) is 3.94. The second-order valence-corrected chi connectivity index (χ2v) is 3.83. The zero-order valence-corrected chi connectivity index (χ0v) is 8.28. The highest BCUT2D eigenvalue weighted by atomic mass is 79.9. The van der Waals surface area contributed by atoms with Gasteiger partial charge in [0.25, 0.3) is 0 Å². The summed E-state index contributed by atoms with van der Waals surface area (Å²) in [5.41, 5.74) is 0.126. The molecule has 2 atom stereocenters. The van der Waals surface area contributed by atoms with E-state index in [0.29, 0.717) is 6.10 Å². The highest BCUT2D eigenvalue weighted by Gasteiger charge is 2.33. The standard InChI is InChI=1S/C8H15BrO/c1-3-7-4-5-8(2,6-9)10-7/h7H,3-6H2,1-2H3. The molecule has 1 aliphatic heterocycles. The Labute approximate surface area is 71.3 Å². The van der Waals surface area contributed by atoms with Gasteiger partial charge in [0.15, 0.2) is 0 Å². The van der Waals surface area contributed by atoms with E-state index >= 15 is 0 Å². The van der Waals surface area contributed by atoms with Gasteiger partial charge in [-0.15, -0.1) is 0 Å². The Morgan fingerprint density at radius 1 is 1.70 bits per heavy atom. The van der Waals surface area contributed by atoms with Crippen molar-refractivity contribution in [3.63, 3.8) is 0 Å². The van der Waals surface area contributed by atoms with Crippen LogP contribution in [0.2, 0.25) is 0 Å². The van der Waals surface area contributed by atoms with E-state index in [1.807, 2.05) is 0 Å². The Morgan fingerprint density at radius 3 is 2.70 bits per heavy atom. The molecular formula is C8H15BrO. The van der Waals surface area contributed by atoms with Crippen LogP contribution in [0.25, 0.3) is 0 Å². The molecule has 0 saturated carbocycles. The van der Waals surface area contributed by atoms with Crippen LogP contribution >= 0.6 is 15.9 Å². The summed E-state index contributed by atoms with van der Waals surface area (Å²) in [6.07, 6.45) is 4.11. The van der Waals surface area contributed by atoms with Gasteiger partial charge in [0.1, 0.15) is 0 Å². The molecule has 0 amide bonds. The molecule has 60 valence electrons. The number of hydrogen-bond acceptors (Lipinski definition) is 1. The van der Waals surface area contributed by atoms with Gasteiger partial charge in [-0.25, -0.2) is 0 Å². The first-order chi connectivity index (χ1) is 4.70. The third-order valence-corrected chi connectivity index (χ3v) is 3.37. The fraction of sp³-hybridized carbons (Fsp3) is 1.00. The Kier molecular flexibility index (Phi) is 2.75. The first-order valence-corrected chi connectivity index (χ1v) is 5.06. The van der Waals surface area contributed by atoms with Crippen LogP contribution < -0.4 is 0 Å². The Morgan fingerprint density at radius 2 is 2.40 bits per heavy atom. The summed E-state index contributed by atoms with van der Waals surface area (Å²) >= 11 is 3.46. The summed E-state index contributed by atoms with van der Waals surface area (Å²) in [4.78, 5) is 0. The smallest absolute Gasteiger partial charge is 0.0755 e. The van der Waals surface area contributed by atoms with Crippen molar-refractivity contribution in [2.75, 3.05) is 5.33 Å². The van der Waals surface area contributed by atoms with Crippen molar-refractivity contribution in [3.05, 3.63) is 0 Å². The lowest BCUT2D eigenvalue weighted by atomic mass is 10.1. The predicted molar refractivity (Wildman–Crippen MR) is 46.6 cm³/mol. The Bertz CT molecular complexity index is 116. The minimum atomic E-state index is 0.126. The second kappa shape index (κ2) is 3.22. The molecule has 0 aromatic rings. The molecule has 0 aromatic carbocycles. The van der Waals surface area contributed by atoms with Crippen LogP contribution in [0.1, 0.15) is 33.1 Å². The molecule has 0 aliphatic carbocycles. The van der Waals surface area contributed by atoms with Gasteiger partial charge >= 0.3 is 0 Å². The van der Waals surface area contributed by atoms with Gasteiger partial charge in [-0.05, 0) is 26.2 Å². The molecule has 2 unspecified atom stereocenters. The lowest BCUT2D eigenvalue weighted by molar-refractivity contribution is -0.0120. The van der Waals surface area contributed by atoms with E-state index in [-0.39, 0.29) is 5.60 Å². The van der Waals surface area contributed by atoms with Crippen molar-refractivity contribution < 1.29 is 4.74 Å². The summed E-state index contributed by atoms with van der Waals surface area (Å²) in [5, 5.41) is 0.969. The zero-order chi connectivity index (χ0) is 7.61. The van der Waals surface area contributed by atoms with Crippen molar-refractivity contribution in [1.82, 2.24) is 0 Å². The lowest BCUT2D eigenvalue weighted by Gasteiger charge is -2.21. The number of halogens is 1. The summed E-state index contributed by atoms with van der Waals surface area (Å²) in [6, 6.07) is 0. The molecular weight excluding hydrogens is 192 g/mol. The van der Waals surface area contributed by atoms with Crippen LogP contribution in [0.3, 0.4) is 0 Å². The largest absolute Gasteiger partial charge is 0.371 e. The number of alkyl halides is 1. The zero-order valence-electron chi connectivity index (χ0n) is 6.69. The van der Waals surface area contributed by atoms with Crippen LogP contribution in [0.15, 0.2) is 0 Å². The van der Waals surface area contributed by atoms with Gasteiger partial charge in [-0.2, -0.15) is 0 Å². The number of hydrogen-bond donors (Lipinski definition) is 0. The highest BCUT2D eigenvalue weighted by molar-refractivity contribution is 9.09. The SMILES string of the molecule is CCC1CCC(C)(CBr)O1. The molecule has 0 bridgehead atoms. The summed E-state index contributed by atoms with van der Waals surface area (Å²) in [7, 11) is 0. The van der Waals surface area contributed by atoms with Gasteiger partial charge in [-0.3, -0.25) is 0 Å². The van der Waals surface area contributed by atoms with E-state index in [0.717, 1.165) is 11.8 Å². The van der Waals surface area contributed by atoms with Gasteiger partial charge in [-0.1, -0.05) is 22.9 Å². The normalized spacial score (nSPS) is 40.5. The Balaban J connectivity index is 2.41. The molecule has 1 rings (SSSR count). The molecule has 0 N–H and O–H groups in total. The summed E-state index contributed by atoms with van der Waals surface area (Å²) < 4.78 is 5.80. The molecule has 1 nitrogen and oxygen atoms in total. The van der Waals surface area contributed by atoms with Crippen molar-refractivity contribution in [2.45, 2.75) is 44.8 Å². The molecule has 1 fully saturated rings. The van der Waals surface area contributed by atoms with Crippen molar-refractivity contribution >= 4 is 15.9 Å².